The molecule has 0 saturated heterocycles. The van der Waals surface area contributed by atoms with Gasteiger partial charge in [-0.25, -0.2) is 4.79 Å². The van der Waals surface area contributed by atoms with Crippen molar-refractivity contribution in [3.63, 3.8) is 0 Å². The quantitative estimate of drug-likeness (QED) is 0.255. The van der Waals surface area contributed by atoms with E-state index in [2.05, 4.69) is 31.5 Å². The first-order chi connectivity index (χ1) is 17.1. The van der Waals surface area contributed by atoms with Gasteiger partial charge in [-0.3, -0.25) is 15.1 Å². The number of carbonyl (C=O) groups is 2. The third-order valence-corrected chi connectivity index (χ3v) is 5.94. The van der Waals surface area contributed by atoms with Gasteiger partial charge in [-0.15, -0.1) is 0 Å². The van der Waals surface area contributed by atoms with E-state index in [1.165, 1.54) is 6.20 Å². The van der Waals surface area contributed by atoms with Gasteiger partial charge in [0, 0.05) is 27.9 Å². The van der Waals surface area contributed by atoms with E-state index in [4.69, 9.17) is 9.47 Å². The number of aromatic nitrogens is 1. The van der Waals surface area contributed by atoms with E-state index in [-0.39, 0.29) is 12.5 Å². The number of benzene rings is 3. The summed E-state index contributed by atoms with van der Waals surface area (Å²) in [4.78, 5) is 28.4. The van der Waals surface area contributed by atoms with Crippen LogP contribution in [0.15, 0.2) is 89.7 Å². The number of pyridine rings is 1. The zero-order valence-corrected chi connectivity index (χ0v) is 20.5. The number of halogens is 1. The average Bonchev–Trinajstić information content (AvgIpc) is 2.87. The van der Waals surface area contributed by atoms with Crippen molar-refractivity contribution in [2.45, 2.75) is 6.42 Å². The monoisotopic (exact) mass is 533 g/mol. The van der Waals surface area contributed by atoms with Gasteiger partial charge < -0.3 is 14.8 Å². The van der Waals surface area contributed by atoms with Crippen molar-refractivity contribution in [1.29, 1.82) is 0 Å². The Morgan fingerprint density at radius 2 is 1.66 bits per heavy atom. The van der Waals surface area contributed by atoms with E-state index in [9.17, 15) is 9.59 Å². The van der Waals surface area contributed by atoms with Crippen LogP contribution in [-0.2, 0) is 15.9 Å². The Balaban J connectivity index is 1.14. The number of ether oxygens (including phenoxy) is 2. The van der Waals surface area contributed by atoms with Crippen molar-refractivity contribution in [3.8, 4) is 0 Å². The maximum Gasteiger partial charge on any atom is 0.411 e. The Morgan fingerprint density at radius 3 is 2.49 bits per heavy atom. The normalized spacial score (nSPS) is 10.7. The maximum absolute atomic E-state index is 12.4. The summed E-state index contributed by atoms with van der Waals surface area (Å²) in [6, 6.07) is 22.8. The third-order valence-electron chi connectivity index (χ3n) is 5.25. The third kappa shape index (κ3) is 6.88. The zero-order valence-electron chi connectivity index (χ0n) is 18.9. The van der Waals surface area contributed by atoms with E-state index < -0.39 is 6.09 Å². The van der Waals surface area contributed by atoms with Crippen molar-refractivity contribution >= 4 is 50.1 Å². The molecule has 0 aliphatic heterocycles. The minimum Gasteiger partial charge on any atom is -0.447 e. The molecule has 0 atom stereocenters. The van der Waals surface area contributed by atoms with Gasteiger partial charge in [-0.2, -0.15) is 0 Å². The van der Waals surface area contributed by atoms with Gasteiger partial charge in [-0.1, -0.05) is 48.5 Å². The molecule has 178 valence electrons. The molecular weight excluding hydrogens is 510 g/mol. The van der Waals surface area contributed by atoms with Crippen LogP contribution in [0.25, 0.3) is 10.8 Å². The number of carbonyl (C=O) groups excluding carboxylic acids is 2. The fourth-order valence-electron chi connectivity index (χ4n) is 3.46. The van der Waals surface area contributed by atoms with Crippen LogP contribution in [-0.4, -0.2) is 36.8 Å². The lowest BCUT2D eigenvalue weighted by molar-refractivity contribution is 0.0798. The molecule has 2 amide bonds. The lowest BCUT2D eigenvalue weighted by atomic mass is 10.1. The minimum atomic E-state index is -0.513. The lowest BCUT2D eigenvalue weighted by Crippen LogP contribution is -2.17. The molecule has 1 aromatic heterocycles. The second kappa shape index (κ2) is 12.1. The fraction of sp³-hybridized carbons (Fsp3) is 0.148. The fourth-order valence-corrected chi connectivity index (χ4v) is 3.86. The summed E-state index contributed by atoms with van der Waals surface area (Å²) in [6.45, 7) is 0.950. The van der Waals surface area contributed by atoms with Crippen molar-refractivity contribution < 1.29 is 19.1 Å². The van der Waals surface area contributed by atoms with Gasteiger partial charge in [-0.05, 0) is 57.6 Å². The summed E-state index contributed by atoms with van der Waals surface area (Å²) in [5.41, 5.74) is 2.95. The molecule has 0 fully saturated rings. The molecule has 1 heterocycles. The van der Waals surface area contributed by atoms with Crippen LogP contribution in [0.2, 0.25) is 0 Å². The molecule has 0 spiro atoms. The summed E-state index contributed by atoms with van der Waals surface area (Å²) < 4.78 is 11.5. The second-order valence-electron chi connectivity index (χ2n) is 7.66. The van der Waals surface area contributed by atoms with Crippen molar-refractivity contribution in [1.82, 2.24) is 4.98 Å². The average molecular weight is 534 g/mol. The summed E-state index contributed by atoms with van der Waals surface area (Å²) in [7, 11) is 0. The highest BCUT2D eigenvalue weighted by Crippen LogP contribution is 2.23. The first-order valence-electron chi connectivity index (χ1n) is 11.1. The smallest absolute Gasteiger partial charge is 0.411 e. The molecule has 7 nitrogen and oxygen atoms in total. The number of anilines is 2. The molecule has 0 aliphatic rings. The van der Waals surface area contributed by atoms with Crippen LogP contribution in [0.5, 0.6) is 0 Å². The number of amides is 2. The van der Waals surface area contributed by atoms with E-state index >= 15 is 0 Å². The Hall–Kier alpha value is -3.75. The molecule has 0 unspecified atom stereocenters. The van der Waals surface area contributed by atoms with Gasteiger partial charge >= 0.3 is 6.09 Å². The van der Waals surface area contributed by atoms with Gasteiger partial charge in [0.2, 0.25) is 0 Å². The van der Waals surface area contributed by atoms with Gasteiger partial charge in [0.05, 0.1) is 24.5 Å². The van der Waals surface area contributed by atoms with E-state index in [1.807, 2.05) is 66.7 Å². The molecule has 2 N–H and O–H groups in total. The van der Waals surface area contributed by atoms with E-state index in [0.717, 1.165) is 16.3 Å². The Bertz CT molecular complexity index is 1310. The van der Waals surface area contributed by atoms with E-state index in [1.54, 1.807) is 12.3 Å². The standard InChI is InChI=1S/C27H24BrN3O4/c28-24-12-14-29-18-23(24)26(32)30-21-10-8-19(9-11-21)13-15-34-16-17-35-27(33)31-25-7-3-5-20-4-1-2-6-22(20)25/h1-12,14,18H,13,15-17H2,(H,30,32)(H,31,33). The van der Waals surface area contributed by atoms with Crippen LogP contribution in [0, 0.1) is 0 Å². The molecule has 35 heavy (non-hydrogen) atoms. The number of hydrogen-bond donors (Lipinski definition) is 2. The molecule has 8 heteroatoms. The summed E-state index contributed by atoms with van der Waals surface area (Å²) in [5, 5.41) is 7.64. The highest BCUT2D eigenvalue weighted by atomic mass is 79.9. The van der Waals surface area contributed by atoms with Crippen molar-refractivity contribution in [2.75, 3.05) is 30.5 Å². The Labute approximate surface area is 211 Å². The molecule has 4 rings (SSSR count). The highest BCUT2D eigenvalue weighted by molar-refractivity contribution is 9.10. The Morgan fingerprint density at radius 1 is 0.857 bits per heavy atom. The molecule has 3 aromatic carbocycles. The summed E-state index contributed by atoms with van der Waals surface area (Å²) >= 11 is 3.35. The largest absolute Gasteiger partial charge is 0.447 e. The molecule has 0 aliphatic carbocycles. The first-order valence-corrected chi connectivity index (χ1v) is 11.9. The van der Waals surface area contributed by atoms with Crippen LogP contribution in [0.3, 0.4) is 0 Å². The van der Waals surface area contributed by atoms with Crippen molar-refractivity contribution in [3.05, 3.63) is 101 Å². The lowest BCUT2D eigenvalue weighted by Gasteiger charge is -2.10. The van der Waals surface area contributed by atoms with Gasteiger partial charge in [0.1, 0.15) is 6.61 Å². The van der Waals surface area contributed by atoms with Gasteiger partial charge in [0.15, 0.2) is 0 Å². The number of hydrogen-bond acceptors (Lipinski definition) is 5. The first kappa shape index (κ1) is 24.4. The number of rotatable bonds is 9. The van der Waals surface area contributed by atoms with Crippen LogP contribution < -0.4 is 10.6 Å². The van der Waals surface area contributed by atoms with E-state index in [0.29, 0.717) is 41.0 Å². The minimum absolute atomic E-state index is 0.158. The number of nitrogens with one attached hydrogen (secondary N) is 2. The molecular formula is C27H24BrN3O4. The predicted molar refractivity (Wildman–Crippen MR) is 140 cm³/mol. The molecule has 0 saturated carbocycles. The predicted octanol–water partition coefficient (Wildman–Crippen LogP) is 6.06. The van der Waals surface area contributed by atoms with Crippen molar-refractivity contribution in [2.24, 2.45) is 0 Å². The summed E-state index contributed by atoms with van der Waals surface area (Å²) in [5.74, 6) is -0.231. The Kier molecular flexibility index (Phi) is 8.43. The molecule has 4 aromatic rings. The maximum atomic E-state index is 12.4. The SMILES string of the molecule is O=C(Nc1cccc2ccccc12)OCCOCCc1ccc(NC(=O)c2cnccc2Br)cc1. The summed E-state index contributed by atoms with van der Waals surface area (Å²) in [6.07, 6.45) is 3.32. The zero-order chi connectivity index (χ0) is 24.5. The van der Waals surface area contributed by atoms with Crippen LogP contribution in [0.1, 0.15) is 15.9 Å². The van der Waals surface area contributed by atoms with Crippen LogP contribution in [0.4, 0.5) is 16.2 Å². The van der Waals surface area contributed by atoms with Crippen LogP contribution >= 0.6 is 15.9 Å². The number of fused-ring (bicyclic) bond motifs is 1. The number of nitrogens with zero attached hydrogens (tertiary/aromatic N) is 1. The second-order valence-corrected chi connectivity index (χ2v) is 8.51. The highest BCUT2D eigenvalue weighted by Gasteiger charge is 2.10. The molecule has 0 radical (unpaired) electrons. The topological polar surface area (TPSA) is 89.5 Å². The molecule has 0 bridgehead atoms. The van der Waals surface area contributed by atoms with Gasteiger partial charge in [0.25, 0.3) is 5.91 Å².